The van der Waals surface area contributed by atoms with Crippen LogP contribution in [-0.2, 0) is 9.59 Å². The molecule has 0 bridgehead atoms. The maximum atomic E-state index is 8.12. The van der Waals surface area contributed by atoms with Crippen LogP contribution in [0.5, 0.6) is 0 Å². The van der Waals surface area contributed by atoms with Crippen molar-refractivity contribution in [3.05, 3.63) is 13.8 Å². The van der Waals surface area contributed by atoms with Crippen molar-refractivity contribution in [2.45, 2.75) is 84.1 Å². The summed E-state index contributed by atoms with van der Waals surface area (Å²) < 4.78 is 0. The van der Waals surface area contributed by atoms with Crippen molar-refractivity contribution in [3.63, 3.8) is 0 Å². The predicted octanol–water partition coefficient (Wildman–Crippen LogP) is 5.95. The van der Waals surface area contributed by atoms with Crippen LogP contribution in [0.15, 0.2) is 0 Å². The quantitative estimate of drug-likeness (QED) is 0.419. The van der Waals surface area contributed by atoms with Crippen LogP contribution < -0.4 is 0 Å². The third kappa shape index (κ3) is 51.8. The second-order valence-electron chi connectivity index (χ2n) is 6.69. The van der Waals surface area contributed by atoms with E-state index in [9.17, 15) is 0 Å². The summed E-state index contributed by atoms with van der Waals surface area (Å²) in [6, 6.07) is 0. The average Bonchev–Trinajstić information content (AvgIpc) is 2.40. The van der Waals surface area contributed by atoms with Crippen molar-refractivity contribution in [2.75, 3.05) is 0 Å². The van der Waals surface area contributed by atoms with Crippen molar-refractivity contribution in [1.29, 1.82) is 0 Å². The van der Waals surface area contributed by atoms with Gasteiger partial charge in [-0.15, -0.1) is 0 Å². The van der Waals surface area contributed by atoms with Crippen molar-refractivity contribution < 1.29 is 9.59 Å². The van der Waals surface area contributed by atoms with E-state index in [0.29, 0.717) is 0 Å². The Morgan fingerprint density at radius 3 is 1.09 bits per heavy atom. The summed E-state index contributed by atoms with van der Waals surface area (Å²) in [5.41, 5.74) is 0. The third-order valence-corrected chi connectivity index (χ3v) is 7.60. The molecule has 0 amide bonds. The van der Waals surface area contributed by atoms with E-state index < -0.39 is 14.1 Å². The molecule has 2 nitrogen and oxygen atoms in total. The molecule has 134 valence electrons. The van der Waals surface area contributed by atoms with Crippen LogP contribution in [0.3, 0.4) is 0 Å². The molecular weight excluding hydrogens is 311 g/mol. The molecule has 0 atom stereocenters. The van der Waals surface area contributed by atoms with Gasteiger partial charge < -0.3 is 13.8 Å². The first-order valence-corrected chi connectivity index (χ1v) is 11.2. The number of carbonyl (C=O) groups excluding carboxylic acids is 2. The Morgan fingerprint density at radius 2 is 1.00 bits per heavy atom. The first kappa shape index (κ1) is 34.9. The van der Waals surface area contributed by atoms with E-state index in [0.717, 1.165) is 24.2 Å². The molecule has 0 saturated heterocycles. The van der Waals surface area contributed by atoms with Gasteiger partial charge in [0, 0.05) is 0 Å². The van der Waals surface area contributed by atoms with E-state index in [1.807, 2.05) is 0 Å². The van der Waals surface area contributed by atoms with Gasteiger partial charge in [0.15, 0.2) is 0 Å². The Bertz CT molecular complexity index is 188. The van der Waals surface area contributed by atoms with Crippen molar-refractivity contribution >= 4 is 43.4 Å². The maximum absolute atomic E-state index is 8.12. The van der Waals surface area contributed by atoms with Gasteiger partial charge in [-0.1, -0.05) is 88.5 Å². The van der Waals surface area contributed by atoms with Gasteiger partial charge in [0.25, 0.3) is 14.1 Å². The van der Waals surface area contributed by atoms with Gasteiger partial charge in [0.2, 0.25) is 0 Å². The Balaban J connectivity index is -0.0000000903. The molecule has 0 N–H and O–H groups in total. The summed E-state index contributed by atoms with van der Waals surface area (Å²) in [6.07, 6.45) is 2.53. The second kappa shape index (κ2) is 30.5. The Morgan fingerprint density at radius 1 is 0.826 bits per heavy atom. The van der Waals surface area contributed by atoms with E-state index in [1.54, 1.807) is 22.8 Å². The van der Waals surface area contributed by atoms with E-state index in [1.165, 1.54) is 6.42 Å². The summed E-state index contributed by atoms with van der Waals surface area (Å²) in [5, 5.41) is 4.66. The van der Waals surface area contributed by atoms with Gasteiger partial charge >= 0.3 is 29.2 Å². The minimum Gasteiger partial charge on any atom is -0.346 e. The molecule has 0 unspecified atom stereocenters. The van der Waals surface area contributed by atoms with E-state index in [4.69, 9.17) is 9.59 Å². The van der Waals surface area contributed by atoms with Crippen LogP contribution in [0.25, 0.3) is 0 Å². The summed E-state index contributed by atoms with van der Waals surface area (Å²) in [6.45, 7) is 25.0. The van der Waals surface area contributed by atoms with Gasteiger partial charge in [0.1, 0.15) is 0 Å². The smallest absolute Gasteiger partial charge is 0.346 e. The molecular formula is C19H41AlMgO2. The zero-order valence-electron chi connectivity index (χ0n) is 17.3. The van der Waals surface area contributed by atoms with Crippen LogP contribution >= 0.6 is 0 Å². The van der Waals surface area contributed by atoms with Crippen molar-refractivity contribution in [3.8, 4) is 0 Å². The zero-order chi connectivity index (χ0) is 18.6. The molecule has 0 aromatic rings. The van der Waals surface area contributed by atoms with Crippen molar-refractivity contribution in [1.82, 2.24) is 0 Å². The summed E-state index contributed by atoms with van der Waals surface area (Å²) in [4.78, 5) is 16.2. The first-order valence-electron chi connectivity index (χ1n) is 8.74. The molecule has 0 aliphatic carbocycles. The molecule has 23 heavy (non-hydrogen) atoms. The number of unbranched alkanes of at least 4 members (excludes halogenated alkanes) is 1. The Hall–Kier alpha value is 0.679. The molecule has 0 heterocycles. The molecule has 0 saturated carbocycles. The molecule has 0 rings (SSSR count). The number of hydrogen-bond acceptors (Lipinski definition) is 2. The van der Waals surface area contributed by atoms with Gasteiger partial charge in [-0.3, -0.25) is 0 Å². The molecule has 0 radical (unpaired) electrons. The van der Waals surface area contributed by atoms with Gasteiger partial charge in [-0.25, -0.2) is 0 Å². The average molecular weight is 353 g/mol. The molecule has 0 aliphatic heterocycles. The fraction of sp³-hybridized carbons (Fsp3) is 0.842. The molecule has 0 fully saturated rings. The minimum absolute atomic E-state index is 0. The summed E-state index contributed by atoms with van der Waals surface area (Å²) in [5.74, 6) is 2.78. The van der Waals surface area contributed by atoms with E-state index >= 15 is 0 Å². The molecule has 0 aromatic heterocycles. The SMILES string of the molecule is CC(C)[CH2][Al]([CH2]C(C)C)[CH2]C(C)C.O=C=O.[CH2-]C.[CH2-]CCC.[Mg+2]. The Kier molecular flexibility index (Phi) is 46.4. The molecule has 0 aliphatic rings. The fourth-order valence-electron chi connectivity index (χ4n) is 2.29. The monoisotopic (exact) mass is 352 g/mol. The van der Waals surface area contributed by atoms with Crippen LogP contribution in [0, 0.1) is 31.6 Å². The minimum atomic E-state index is -0.407. The fourth-order valence-corrected chi connectivity index (χ4v) is 6.87. The molecule has 0 spiro atoms. The van der Waals surface area contributed by atoms with E-state index in [-0.39, 0.29) is 29.2 Å². The zero-order valence-corrected chi connectivity index (χ0v) is 19.9. The topological polar surface area (TPSA) is 34.1 Å². The van der Waals surface area contributed by atoms with Gasteiger partial charge in [-0.2, -0.15) is 22.9 Å². The van der Waals surface area contributed by atoms with E-state index in [2.05, 4.69) is 62.3 Å². The Labute approximate surface area is 168 Å². The number of rotatable bonds is 7. The van der Waals surface area contributed by atoms with Crippen LogP contribution in [0.4, 0.5) is 0 Å². The van der Waals surface area contributed by atoms with Gasteiger partial charge in [-0.05, 0) is 0 Å². The standard InChI is InChI=1S/4C4H9.C2H5.CO2.Al.Mg/c3*1-4(2)3;1-3-4-2;1-2;2-1-3;;/h3*4H,1H2,2-3H3;1,3-4H2,2H3;1H2,2H3;;;/q;;;2*-1;;;+2. The largest absolute Gasteiger partial charge is 2.00 e. The van der Waals surface area contributed by atoms with Gasteiger partial charge in [0.05, 0.1) is 0 Å². The van der Waals surface area contributed by atoms with Crippen LogP contribution in [0.1, 0.15) is 68.2 Å². The molecule has 0 aromatic carbocycles. The van der Waals surface area contributed by atoms with Crippen molar-refractivity contribution in [2.24, 2.45) is 17.8 Å². The third-order valence-electron chi connectivity index (χ3n) is 2.77. The van der Waals surface area contributed by atoms with Crippen LogP contribution in [-0.4, -0.2) is 43.4 Å². The maximum Gasteiger partial charge on any atom is 2.00 e. The second-order valence-corrected chi connectivity index (χ2v) is 9.84. The normalized spacial score (nSPS) is 8.57. The predicted molar refractivity (Wildman–Crippen MR) is 107 cm³/mol. The molecule has 4 heteroatoms. The summed E-state index contributed by atoms with van der Waals surface area (Å²) >= 11 is -0.407. The number of hydrogen-bond donors (Lipinski definition) is 0. The van der Waals surface area contributed by atoms with Crippen LogP contribution in [0.2, 0.25) is 15.8 Å². The summed E-state index contributed by atoms with van der Waals surface area (Å²) in [7, 11) is 0. The first-order chi connectivity index (χ1) is 10.2.